The molecule has 4 nitrogen and oxygen atoms in total. The first-order valence-electron chi connectivity index (χ1n) is 7.55. The molecule has 6 heteroatoms. The van der Waals surface area contributed by atoms with Crippen LogP contribution in [0.25, 0.3) is 0 Å². The number of sulfonamides is 1. The van der Waals surface area contributed by atoms with Gasteiger partial charge in [0.2, 0.25) is 10.0 Å². The van der Waals surface area contributed by atoms with Gasteiger partial charge in [-0.25, -0.2) is 8.42 Å². The fraction of sp³-hybridized carbons (Fsp3) is 0.294. The van der Waals surface area contributed by atoms with Crippen LogP contribution in [0.2, 0.25) is 0 Å². The van der Waals surface area contributed by atoms with Gasteiger partial charge in [0, 0.05) is 36.3 Å². The minimum absolute atomic E-state index is 0.337. The summed E-state index contributed by atoms with van der Waals surface area (Å²) in [7, 11) is -3.45. The van der Waals surface area contributed by atoms with E-state index in [-0.39, 0.29) is 0 Å². The summed E-state index contributed by atoms with van der Waals surface area (Å²) in [5.41, 5.74) is 2.40. The molecule has 1 saturated heterocycles. The molecular formula is C17H19BrN2O2S. The van der Waals surface area contributed by atoms with Gasteiger partial charge in [-0.05, 0) is 46.6 Å². The molecule has 0 aromatic heterocycles. The van der Waals surface area contributed by atoms with Gasteiger partial charge in [0.15, 0.2) is 0 Å². The molecule has 2 aromatic rings. The maximum Gasteiger partial charge on any atom is 0.244 e. The van der Waals surface area contributed by atoms with E-state index in [9.17, 15) is 8.42 Å². The van der Waals surface area contributed by atoms with E-state index >= 15 is 0 Å². The third-order valence-corrected chi connectivity index (χ3v) is 7.06. The van der Waals surface area contributed by atoms with E-state index in [1.807, 2.05) is 18.2 Å². The summed E-state index contributed by atoms with van der Waals surface area (Å²) >= 11 is 3.34. The van der Waals surface area contributed by atoms with Crippen LogP contribution in [0.1, 0.15) is 5.56 Å². The number of piperazine rings is 1. The van der Waals surface area contributed by atoms with Gasteiger partial charge in [0.05, 0.1) is 4.90 Å². The number of benzene rings is 2. The smallest absolute Gasteiger partial charge is 0.244 e. The Morgan fingerprint density at radius 3 is 2.17 bits per heavy atom. The highest BCUT2D eigenvalue weighted by molar-refractivity contribution is 9.10. The third-order valence-electron chi connectivity index (χ3n) is 4.15. The molecule has 122 valence electrons. The SMILES string of the molecule is Cc1ccccc1N1CCN(S(=O)(=O)c2ccccc2Br)CC1. The van der Waals surface area contributed by atoms with Crippen LogP contribution in [0, 0.1) is 6.92 Å². The summed E-state index contributed by atoms with van der Waals surface area (Å²) in [4.78, 5) is 2.59. The lowest BCUT2D eigenvalue weighted by Crippen LogP contribution is -2.48. The van der Waals surface area contributed by atoms with E-state index in [0.29, 0.717) is 35.5 Å². The second-order valence-electron chi connectivity index (χ2n) is 5.61. The van der Waals surface area contributed by atoms with Crippen molar-refractivity contribution < 1.29 is 8.42 Å². The average molecular weight is 395 g/mol. The second-order valence-corrected chi connectivity index (χ2v) is 8.37. The Morgan fingerprint density at radius 1 is 0.913 bits per heavy atom. The molecule has 23 heavy (non-hydrogen) atoms. The Morgan fingerprint density at radius 2 is 1.52 bits per heavy atom. The van der Waals surface area contributed by atoms with Crippen LogP contribution in [0.3, 0.4) is 0 Å². The van der Waals surface area contributed by atoms with Crippen LogP contribution < -0.4 is 4.90 Å². The van der Waals surface area contributed by atoms with E-state index < -0.39 is 10.0 Å². The number of para-hydroxylation sites is 1. The molecule has 0 atom stereocenters. The Kier molecular flexibility index (Phi) is 4.75. The third kappa shape index (κ3) is 3.29. The summed E-state index contributed by atoms with van der Waals surface area (Å²) in [6, 6.07) is 15.2. The summed E-state index contributed by atoms with van der Waals surface area (Å²) in [6.45, 7) is 4.48. The van der Waals surface area contributed by atoms with Crippen LogP contribution >= 0.6 is 15.9 Å². The molecule has 3 rings (SSSR count). The van der Waals surface area contributed by atoms with Crippen LogP contribution in [0.5, 0.6) is 0 Å². The zero-order valence-electron chi connectivity index (χ0n) is 12.9. The van der Waals surface area contributed by atoms with E-state index in [4.69, 9.17) is 0 Å². The first-order valence-corrected chi connectivity index (χ1v) is 9.79. The molecule has 0 amide bonds. The molecule has 0 spiro atoms. The molecule has 2 aromatic carbocycles. The number of rotatable bonds is 3. The number of aryl methyl sites for hydroxylation is 1. The lowest BCUT2D eigenvalue weighted by Gasteiger charge is -2.36. The van der Waals surface area contributed by atoms with Gasteiger partial charge < -0.3 is 4.90 Å². The van der Waals surface area contributed by atoms with Crippen molar-refractivity contribution in [1.82, 2.24) is 4.31 Å². The van der Waals surface area contributed by atoms with Gasteiger partial charge >= 0.3 is 0 Å². The lowest BCUT2D eigenvalue weighted by atomic mass is 10.1. The van der Waals surface area contributed by atoms with E-state index in [0.717, 1.165) is 0 Å². The predicted molar refractivity (Wildman–Crippen MR) is 96.3 cm³/mol. The number of anilines is 1. The van der Waals surface area contributed by atoms with E-state index in [1.165, 1.54) is 11.3 Å². The van der Waals surface area contributed by atoms with Crippen LogP contribution in [0.4, 0.5) is 5.69 Å². The number of hydrogen-bond acceptors (Lipinski definition) is 3. The van der Waals surface area contributed by atoms with Crippen LogP contribution in [0.15, 0.2) is 57.9 Å². The van der Waals surface area contributed by atoms with Gasteiger partial charge in [0.25, 0.3) is 0 Å². The van der Waals surface area contributed by atoms with Crippen molar-refractivity contribution in [2.75, 3.05) is 31.1 Å². The van der Waals surface area contributed by atoms with Gasteiger partial charge in [-0.2, -0.15) is 4.31 Å². The number of halogens is 1. The predicted octanol–water partition coefficient (Wildman–Crippen LogP) is 3.27. The zero-order valence-corrected chi connectivity index (χ0v) is 15.3. The van der Waals surface area contributed by atoms with E-state index in [1.54, 1.807) is 22.5 Å². The maximum atomic E-state index is 12.8. The molecule has 1 fully saturated rings. The minimum Gasteiger partial charge on any atom is -0.369 e. The first kappa shape index (κ1) is 16.5. The normalized spacial score (nSPS) is 16.5. The van der Waals surface area contributed by atoms with Gasteiger partial charge in [-0.1, -0.05) is 30.3 Å². The topological polar surface area (TPSA) is 40.6 Å². The average Bonchev–Trinajstić information content (AvgIpc) is 2.56. The standard InChI is InChI=1S/C17H19BrN2O2S/c1-14-6-2-4-8-16(14)19-10-12-20(13-11-19)23(21,22)17-9-5-3-7-15(17)18/h2-9H,10-13H2,1H3. The highest BCUT2D eigenvalue weighted by atomic mass is 79.9. The van der Waals surface area contributed by atoms with E-state index in [2.05, 4.69) is 39.9 Å². The summed E-state index contributed by atoms with van der Waals surface area (Å²) in [5.74, 6) is 0. The van der Waals surface area contributed by atoms with Crippen LogP contribution in [-0.4, -0.2) is 38.9 Å². The second kappa shape index (κ2) is 6.63. The molecule has 0 aliphatic carbocycles. The highest BCUT2D eigenvalue weighted by Gasteiger charge is 2.30. The molecular weight excluding hydrogens is 376 g/mol. The maximum absolute atomic E-state index is 12.8. The summed E-state index contributed by atoms with van der Waals surface area (Å²) < 4.78 is 27.8. The largest absolute Gasteiger partial charge is 0.369 e. The molecule has 1 heterocycles. The number of nitrogens with zero attached hydrogens (tertiary/aromatic N) is 2. The first-order chi connectivity index (χ1) is 11.0. The van der Waals surface area contributed by atoms with Gasteiger partial charge in [-0.15, -0.1) is 0 Å². The summed E-state index contributed by atoms with van der Waals surface area (Å²) in [6.07, 6.45) is 0. The lowest BCUT2D eigenvalue weighted by molar-refractivity contribution is 0.384. The van der Waals surface area contributed by atoms with Crippen molar-refractivity contribution in [3.05, 3.63) is 58.6 Å². The fourth-order valence-corrected chi connectivity index (χ4v) is 5.27. The van der Waals surface area contributed by atoms with Crippen molar-refractivity contribution >= 4 is 31.6 Å². The van der Waals surface area contributed by atoms with Crippen molar-refractivity contribution in [3.8, 4) is 0 Å². The fourth-order valence-electron chi connectivity index (χ4n) is 2.88. The van der Waals surface area contributed by atoms with Crippen molar-refractivity contribution in [1.29, 1.82) is 0 Å². The molecule has 0 saturated carbocycles. The monoisotopic (exact) mass is 394 g/mol. The van der Waals surface area contributed by atoms with Gasteiger partial charge in [0.1, 0.15) is 0 Å². The quantitative estimate of drug-likeness (QED) is 0.801. The van der Waals surface area contributed by atoms with Crippen molar-refractivity contribution in [3.63, 3.8) is 0 Å². The van der Waals surface area contributed by atoms with Gasteiger partial charge in [-0.3, -0.25) is 0 Å². The molecule has 1 aliphatic heterocycles. The Labute approximate surface area is 145 Å². The Balaban J connectivity index is 1.77. The summed E-state index contributed by atoms with van der Waals surface area (Å²) in [5, 5.41) is 0. The Hall–Kier alpha value is -1.37. The highest BCUT2D eigenvalue weighted by Crippen LogP contribution is 2.27. The molecule has 0 bridgehead atoms. The Bertz CT molecular complexity index is 800. The molecule has 0 unspecified atom stereocenters. The molecule has 0 radical (unpaired) electrons. The molecule has 1 aliphatic rings. The molecule has 0 N–H and O–H groups in total. The van der Waals surface area contributed by atoms with Crippen molar-refractivity contribution in [2.45, 2.75) is 11.8 Å². The van der Waals surface area contributed by atoms with Crippen LogP contribution in [-0.2, 0) is 10.0 Å². The minimum atomic E-state index is -3.45. The number of hydrogen-bond donors (Lipinski definition) is 0. The van der Waals surface area contributed by atoms with Crippen molar-refractivity contribution in [2.24, 2.45) is 0 Å². The zero-order chi connectivity index (χ0) is 16.4.